The molecule has 3 aromatic heterocycles. The van der Waals surface area contributed by atoms with Crippen LogP contribution in [0.5, 0.6) is 11.5 Å². The predicted molar refractivity (Wildman–Crippen MR) is 174 cm³/mol. The lowest BCUT2D eigenvalue weighted by molar-refractivity contribution is -0.0716. The van der Waals surface area contributed by atoms with Gasteiger partial charge in [0, 0.05) is 45.1 Å². The van der Waals surface area contributed by atoms with Crippen LogP contribution < -0.4 is 14.4 Å². The molecule has 3 aliphatic rings. The van der Waals surface area contributed by atoms with Gasteiger partial charge in [-0.05, 0) is 42.5 Å². The van der Waals surface area contributed by atoms with E-state index < -0.39 is 11.8 Å². The van der Waals surface area contributed by atoms with Crippen LogP contribution in [0.15, 0.2) is 67.1 Å². The fourth-order valence-corrected chi connectivity index (χ4v) is 7.24. The molecule has 3 atom stereocenters. The topological polar surface area (TPSA) is 120 Å². The van der Waals surface area contributed by atoms with Gasteiger partial charge >= 0.3 is 5.97 Å². The molecule has 6 heterocycles. The highest BCUT2D eigenvalue weighted by Crippen LogP contribution is 2.50. The summed E-state index contributed by atoms with van der Waals surface area (Å²) in [4.78, 5) is 26.1. The summed E-state index contributed by atoms with van der Waals surface area (Å²) >= 11 is 12.7. The number of aromatic nitrogens is 5. The van der Waals surface area contributed by atoms with Gasteiger partial charge < -0.3 is 28.8 Å². The van der Waals surface area contributed by atoms with E-state index in [1.165, 1.54) is 6.07 Å². The number of carboxylic acids is 1. The van der Waals surface area contributed by atoms with Crippen molar-refractivity contribution in [3.05, 3.63) is 94.2 Å². The first-order valence-corrected chi connectivity index (χ1v) is 16.1. The van der Waals surface area contributed by atoms with E-state index in [1.807, 2.05) is 42.1 Å². The van der Waals surface area contributed by atoms with Crippen LogP contribution in [0, 0.1) is 0 Å². The first kappa shape index (κ1) is 30.0. The van der Waals surface area contributed by atoms with Crippen molar-refractivity contribution in [3.8, 4) is 11.5 Å². The average Bonchev–Trinajstić information content (AvgIpc) is 3.86. The quantitative estimate of drug-likeness (QED) is 0.239. The number of benzene rings is 2. The van der Waals surface area contributed by atoms with E-state index in [0.717, 1.165) is 24.6 Å². The first-order valence-electron chi connectivity index (χ1n) is 15.4. The molecule has 8 rings (SSSR count). The maximum atomic E-state index is 11.9. The third-order valence-corrected chi connectivity index (χ3v) is 9.68. The van der Waals surface area contributed by atoms with Gasteiger partial charge in [-0.2, -0.15) is 5.10 Å². The Morgan fingerprint density at radius 3 is 2.72 bits per heavy atom. The number of nitrogens with zero attached hydrogens (tertiary/aromatic N) is 7. The predicted octanol–water partition coefficient (Wildman–Crippen LogP) is 5.07. The van der Waals surface area contributed by atoms with Gasteiger partial charge in [-0.3, -0.25) is 14.6 Å². The SMILES string of the molecule is C[C@]1(c2ccc(Cl)cn2)Oc2cccc(N3CCN(Cc4nc5c(Cl)cc(C(=O)O)cc5n4CCn4cccn4)[C@H]4COC[C@H]43)c2O1. The van der Waals surface area contributed by atoms with Gasteiger partial charge in [0.15, 0.2) is 11.5 Å². The molecule has 242 valence electrons. The fraction of sp³-hybridized carbons (Fsp3) is 0.333. The van der Waals surface area contributed by atoms with Crippen LogP contribution in [0.1, 0.15) is 28.8 Å². The summed E-state index contributed by atoms with van der Waals surface area (Å²) in [6, 6.07) is 14.7. The van der Waals surface area contributed by atoms with Crippen molar-refractivity contribution in [2.75, 3.05) is 31.2 Å². The van der Waals surface area contributed by atoms with E-state index in [0.29, 0.717) is 71.1 Å². The average molecular weight is 677 g/mol. The molecular weight excluding hydrogens is 645 g/mol. The summed E-state index contributed by atoms with van der Waals surface area (Å²) in [5, 5.41) is 14.9. The highest BCUT2D eigenvalue weighted by Gasteiger charge is 2.46. The maximum absolute atomic E-state index is 11.9. The minimum Gasteiger partial charge on any atom is -0.478 e. The molecule has 1 N–H and O–H groups in total. The number of fused-ring (bicyclic) bond motifs is 3. The lowest BCUT2D eigenvalue weighted by Crippen LogP contribution is -2.59. The molecule has 5 aromatic rings. The lowest BCUT2D eigenvalue weighted by Gasteiger charge is -2.44. The molecular formula is C33H31Cl2N7O5. The molecule has 0 aliphatic carbocycles. The van der Waals surface area contributed by atoms with Crippen LogP contribution >= 0.6 is 23.2 Å². The van der Waals surface area contributed by atoms with Crippen LogP contribution in [0.2, 0.25) is 10.0 Å². The zero-order chi connectivity index (χ0) is 32.3. The number of hydrogen-bond donors (Lipinski definition) is 1. The molecule has 12 nitrogen and oxygen atoms in total. The van der Waals surface area contributed by atoms with E-state index in [4.69, 9.17) is 42.4 Å². The zero-order valence-electron chi connectivity index (χ0n) is 25.4. The number of carbonyl (C=O) groups is 1. The number of rotatable bonds is 8. The van der Waals surface area contributed by atoms with Gasteiger partial charge in [0.25, 0.3) is 5.79 Å². The second kappa shape index (κ2) is 11.7. The van der Waals surface area contributed by atoms with Crippen molar-refractivity contribution >= 4 is 45.9 Å². The maximum Gasteiger partial charge on any atom is 0.335 e. The molecule has 2 saturated heterocycles. The number of aryl methyl sites for hydroxylation is 2. The Labute approximate surface area is 280 Å². The molecule has 47 heavy (non-hydrogen) atoms. The lowest BCUT2D eigenvalue weighted by atomic mass is 10.0. The fourth-order valence-electron chi connectivity index (χ4n) is 6.87. The highest BCUT2D eigenvalue weighted by molar-refractivity contribution is 6.35. The van der Waals surface area contributed by atoms with Crippen LogP contribution in [-0.2, 0) is 30.2 Å². The monoisotopic (exact) mass is 675 g/mol. The van der Waals surface area contributed by atoms with Crippen molar-refractivity contribution in [2.45, 2.75) is 44.4 Å². The molecule has 2 aromatic carbocycles. The molecule has 3 aliphatic heterocycles. The van der Waals surface area contributed by atoms with Crippen molar-refractivity contribution in [1.82, 2.24) is 29.2 Å². The Morgan fingerprint density at radius 1 is 1.06 bits per heavy atom. The van der Waals surface area contributed by atoms with E-state index in [1.54, 1.807) is 24.5 Å². The molecule has 0 bridgehead atoms. The van der Waals surface area contributed by atoms with Gasteiger partial charge in [-0.1, -0.05) is 29.3 Å². The third kappa shape index (κ3) is 5.35. The molecule has 2 fully saturated rings. The Bertz CT molecular complexity index is 1970. The number of para-hydroxylation sites is 1. The third-order valence-electron chi connectivity index (χ3n) is 9.17. The first-order chi connectivity index (χ1) is 22.8. The second-order valence-electron chi connectivity index (χ2n) is 12.0. The normalized spacial score (nSPS) is 22.2. The summed E-state index contributed by atoms with van der Waals surface area (Å²) < 4.78 is 22.9. The van der Waals surface area contributed by atoms with Gasteiger partial charge in [-0.25, -0.2) is 9.78 Å². The summed E-state index contributed by atoms with van der Waals surface area (Å²) in [5.41, 5.74) is 2.96. The minimum atomic E-state index is -1.09. The van der Waals surface area contributed by atoms with Crippen LogP contribution in [-0.4, -0.2) is 78.7 Å². The van der Waals surface area contributed by atoms with Gasteiger partial charge in [0.2, 0.25) is 0 Å². The zero-order valence-corrected chi connectivity index (χ0v) is 26.9. The van der Waals surface area contributed by atoms with Crippen molar-refractivity contribution in [3.63, 3.8) is 0 Å². The number of ether oxygens (including phenoxy) is 3. The molecule has 0 unspecified atom stereocenters. The minimum absolute atomic E-state index is 0.0588. The smallest absolute Gasteiger partial charge is 0.335 e. The van der Waals surface area contributed by atoms with Crippen LogP contribution in [0.25, 0.3) is 11.0 Å². The molecule has 14 heteroatoms. The summed E-state index contributed by atoms with van der Waals surface area (Å²) in [7, 11) is 0. The Hall–Kier alpha value is -4.36. The van der Waals surface area contributed by atoms with E-state index >= 15 is 0 Å². The Kier molecular flexibility index (Phi) is 7.47. The van der Waals surface area contributed by atoms with Gasteiger partial charge in [0.05, 0.1) is 65.2 Å². The standard InChI is InChI=1S/C33H31Cl2N7O5/c1-33(28-7-6-21(34)16-36-28)46-27-5-2-4-23(31(27)47-33)41-12-10-39(25-18-45-19-26(25)41)17-29-38-30-22(35)14-20(32(43)44)15-24(30)42(29)13-11-40-9-3-8-37-40/h2-9,14-16,25-26H,10-13,17-19H2,1H3,(H,43,44)/t25-,26+,33-/m0/s1. The van der Waals surface area contributed by atoms with E-state index in [-0.39, 0.29) is 17.6 Å². The van der Waals surface area contributed by atoms with E-state index in [2.05, 4.69) is 30.5 Å². The summed E-state index contributed by atoms with van der Waals surface area (Å²) in [5.74, 6) is 0.00862. The number of imidazole rings is 1. The molecule has 0 spiro atoms. The molecule has 0 amide bonds. The number of piperazine rings is 1. The summed E-state index contributed by atoms with van der Waals surface area (Å²) in [6.45, 7) is 6.12. The Morgan fingerprint density at radius 2 is 1.94 bits per heavy atom. The number of pyridine rings is 1. The van der Waals surface area contributed by atoms with Crippen LogP contribution in [0.3, 0.4) is 0 Å². The number of anilines is 1. The van der Waals surface area contributed by atoms with Crippen molar-refractivity contribution < 1.29 is 24.1 Å². The van der Waals surface area contributed by atoms with Gasteiger partial charge in [-0.15, -0.1) is 0 Å². The van der Waals surface area contributed by atoms with Crippen molar-refractivity contribution in [2.24, 2.45) is 0 Å². The Balaban J connectivity index is 1.08. The largest absolute Gasteiger partial charge is 0.478 e. The second-order valence-corrected chi connectivity index (χ2v) is 12.9. The highest BCUT2D eigenvalue weighted by atomic mass is 35.5. The molecule has 0 saturated carbocycles. The van der Waals surface area contributed by atoms with E-state index in [9.17, 15) is 9.90 Å². The number of hydrogen-bond acceptors (Lipinski definition) is 9. The summed E-state index contributed by atoms with van der Waals surface area (Å²) in [6.07, 6.45) is 5.22. The molecule has 0 radical (unpaired) electrons. The number of carboxylic acid groups (broad SMARTS) is 1. The number of aromatic carboxylic acids is 1. The van der Waals surface area contributed by atoms with Gasteiger partial charge in [0.1, 0.15) is 17.0 Å². The van der Waals surface area contributed by atoms with Crippen molar-refractivity contribution in [1.29, 1.82) is 0 Å². The number of halogens is 2. The van der Waals surface area contributed by atoms with Crippen LogP contribution in [0.4, 0.5) is 5.69 Å².